The molecule has 6 heteroatoms. The van der Waals surface area contributed by atoms with Crippen LogP contribution in [-0.2, 0) is 6.42 Å². The number of nitrogens with zero attached hydrogens (tertiary/aromatic N) is 5. The van der Waals surface area contributed by atoms with Crippen LogP contribution in [0.1, 0.15) is 43.0 Å². The van der Waals surface area contributed by atoms with Crippen molar-refractivity contribution in [2.75, 3.05) is 31.1 Å². The molecule has 162 valence electrons. The van der Waals surface area contributed by atoms with E-state index in [2.05, 4.69) is 55.1 Å². The Morgan fingerprint density at radius 1 is 0.968 bits per heavy atom. The van der Waals surface area contributed by atoms with E-state index in [0.717, 1.165) is 43.8 Å². The van der Waals surface area contributed by atoms with Gasteiger partial charge in [0.2, 0.25) is 5.95 Å². The lowest BCUT2D eigenvalue weighted by Gasteiger charge is -2.43. The molecule has 1 saturated carbocycles. The van der Waals surface area contributed by atoms with E-state index >= 15 is 0 Å². The molecule has 6 nitrogen and oxygen atoms in total. The molecule has 2 fully saturated rings. The molecule has 1 saturated heterocycles. The minimum Gasteiger partial charge on any atom is -0.447 e. The maximum absolute atomic E-state index is 5.88. The average Bonchev–Trinajstić information content (AvgIpc) is 3.36. The van der Waals surface area contributed by atoms with Gasteiger partial charge in [-0.3, -0.25) is 4.90 Å². The first-order chi connectivity index (χ1) is 15.4. The summed E-state index contributed by atoms with van der Waals surface area (Å²) in [6.45, 7) is 3.86. The summed E-state index contributed by atoms with van der Waals surface area (Å²) in [7, 11) is 0. The highest BCUT2D eigenvalue weighted by Gasteiger charge is 2.36. The molecular formula is C25H31N5O. The molecule has 2 aliphatic rings. The maximum atomic E-state index is 5.88. The molecule has 3 atom stereocenters. The van der Waals surface area contributed by atoms with Crippen molar-refractivity contribution in [2.24, 2.45) is 11.8 Å². The van der Waals surface area contributed by atoms with Gasteiger partial charge in [-0.15, -0.1) is 0 Å². The lowest BCUT2D eigenvalue weighted by molar-refractivity contribution is 0.0784. The first-order valence-corrected chi connectivity index (χ1v) is 11.5. The summed E-state index contributed by atoms with van der Waals surface area (Å²) in [5.41, 5.74) is 1.46. The average molecular weight is 418 g/mol. The highest BCUT2D eigenvalue weighted by molar-refractivity contribution is 5.29. The van der Waals surface area contributed by atoms with E-state index in [4.69, 9.17) is 4.42 Å². The van der Waals surface area contributed by atoms with Gasteiger partial charge in [0.05, 0.1) is 12.2 Å². The third-order valence-electron chi connectivity index (χ3n) is 6.92. The summed E-state index contributed by atoms with van der Waals surface area (Å²) in [6.07, 6.45) is 13.5. The van der Waals surface area contributed by atoms with Crippen molar-refractivity contribution in [3.8, 4) is 0 Å². The zero-order valence-corrected chi connectivity index (χ0v) is 18.0. The fraction of sp³-hybridized carbons (Fsp3) is 0.480. The molecular weight excluding hydrogens is 386 g/mol. The van der Waals surface area contributed by atoms with Crippen LogP contribution in [0.5, 0.6) is 0 Å². The van der Waals surface area contributed by atoms with E-state index in [9.17, 15) is 0 Å². The number of oxazole rings is 1. The van der Waals surface area contributed by atoms with E-state index in [1.807, 2.05) is 24.7 Å². The van der Waals surface area contributed by atoms with Crippen molar-refractivity contribution >= 4 is 5.95 Å². The van der Waals surface area contributed by atoms with Crippen LogP contribution in [0.4, 0.5) is 5.95 Å². The summed E-state index contributed by atoms with van der Waals surface area (Å²) in [5.74, 6) is 3.20. The Labute approximate surface area is 184 Å². The lowest BCUT2D eigenvalue weighted by Crippen LogP contribution is -2.50. The summed E-state index contributed by atoms with van der Waals surface area (Å²) >= 11 is 0. The Kier molecular flexibility index (Phi) is 6.25. The molecule has 3 aromatic rings. The van der Waals surface area contributed by atoms with Crippen molar-refractivity contribution in [1.82, 2.24) is 19.9 Å². The predicted octanol–water partition coefficient (Wildman–Crippen LogP) is 4.38. The van der Waals surface area contributed by atoms with Gasteiger partial charge >= 0.3 is 0 Å². The van der Waals surface area contributed by atoms with Gasteiger partial charge < -0.3 is 9.32 Å². The van der Waals surface area contributed by atoms with Crippen molar-refractivity contribution in [1.29, 1.82) is 0 Å². The lowest BCUT2D eigenvalue weighted by atomic mass is 9.74. The van der Waals surface area contributed by atoms with Gasteiger partial charge in [0.25, 0.3) is 0 Å². The first kappa shape index (κ1) is 20.2. The van der Waals surface area contributed by atoms with Crippen LogP contribution in [0, 0.1) is 11.8 Å². The molecule has 2 aromatic heterocycles. The normalized spacial score (nSPS) is 23.5. The second kappa shape index (κ2) is 9.60. The van der Waals surface area contributed by atoms with E-state index in [1.54, 1.807) is 6.39 Å². The highest BCUT2D eigenvalue weighted by Crippen LogP contribution is 2.41. The van der Waals surface area contributed by atoms with Crippen LogP contribution >= 0.6 is 0 Å². The van der Waals surface area contributed by atoms with Gasteiger partial charge in [0.1, 0.15) is 5.76 Å². The summed E-state index contributed by atoms with van der Waals surface area (Å²) in [6, 6.07) is 13.1. The molecule has 1 aromatic carbocycles. The zero-order valence-electron chi connectivity index (χ0n) is 18.0. The quantitative estimate of drug-likeness (QED) is 0.593. The standard InChI is InChI=1S/C25H31N5O/c1-2-6-20(7-3-1)16-21-8-4-9-22(17-21)24(23-18-26-19-31-23)29-12-14-30(15-13-29)25-27-10-5-11-28-25/h1-3,5-7,10-11,18-19,21-22,24H,4,8-9,12-17H2. The largest absolute Gasteiger partial charge is 0.447 e. The predicted molar refractivity (Wildman–Crippen MR) is 121 cm³/mol. The van der Waals surface area contributed by atoms with E-state index in [0.29, 0.717) is 12.0 Å². The van der Waals surface area contributed by atoms with Crippen molar-refractivity contribution < 1.29 is 4.42 Å². The molecule has 1 aliphatic heterocycles. The van der Waals surface area contributed by atoms with Crippen molar-refractivity contribution in [3.63, 3.8) is 0 Å². The fourth-order valence-electron chi connectivity index (χ4n) is 5.49. The zero-order chi connectivity index (χ0) is 20.9. The van der Waals surface area contributed by atoms with Crippen molar-refractivity contribution in [3.05, 3.63) is 72.7 Å². The monoisotopic (exact) mass is 417 g/mol. The number of piperazine rings is 1. The van der Waals surface area contributed by atoms with Crippen LogP contribution in [-0.4, -0.2) is 46.0 Å². The number of anilines is 1. The van der Waals surface area contributed by atoms with Crippen LogP contribution in [0.25, 0.3) is 0 Å². The number of aromatic nitrogens is 3. The summed E-state index contributed by atoms with van der Waals surface area (Å²) < 4.78 is 5.88. The Hall–Kier alpha value is -2.73. The van der Waals surface area contributed by atoms with E-state index in [1.165, 1.54) is 37.7 Å². The Morgan fingerprint density at radius 2 is 1.77 bits per heavy atom. The topological polar surface area (TPSA) is 58.3 Å². The first-order valence-electron chi connectivity index (χ1n) is 11.5. The Bertz CT molecular complexity index is 910. The van der Waals surface area contributed by atoms with Gasteiger partial charge in [-0.2, -0.15) is 0 Å². The molecule has 0 radical (unpaired) electrons. The van der Waals surface area contributed by atoms with Gasteiger partial charge in [-0.25, -0.2) is 15.0 Å². The smallest absolute Gasteiger partial charge is 0.225 e. The number of benzene rings is 1. The minimum absolute atomic E-state index is 0.305. The van der Waals surface area contributed by atoms with Crippen molar-refractivity contribution in [2.45, 2.75) is 38.1 Å². The maximum Gasteiger partial charge on any atom is 0.225 e. The molecule has 0 spiro atoms. The van der Waals surface area contributed by atoms with Crippen LogP contribution in [0.3, 0.4) is 0 Å². The summed E-state index contributed by atoms with van der Waals surface area (Å²) in [4.78, 5) is 18.0. The van der Waals surface area contributed by atoms with Gasteiger partial charge in [0.15, 0.2) is 6.39 Å². The van der Waals surface area contributed by atoms with Crippen LogP contribution in [0.2, 0.25) is 0 Å². The molecule has 5 rings (SSSR count). The molecule has 3 heterocycles. The molecule has 3 unspecified atom stereocenters. The van der Waals surface area contributed by atoms with E-state index < -0.39 is 0 Å². The second-order valence-corrected chi connectivity index (χ2v) is 8.90. The highest BCUT2D eigenvalue weighted by atomic mass is 16.3. The van der Waals surface area contributed by atoms with Crippen LogP contribution in [0.15, 0.2) is 65.8 Å². The number of rotatable bonds is 6. The van der Waals surface area contributed by atoms with Gasteiger partial charge in [-0.05, 0) is 42.7 Å². The molecule has 0 N–H and O–H groups in total. The molecule has 31 heavy (non-hydrogen) atoms. The van der Waals surface area contributed by atoms with Gasteiger partial charge in [-0.1, -0.05) is 43.2 Å². The SMILES string of the molecule is c1ccc(CC2CCCC(C(c3cnco3)N3CCN(c4ncccn4)CC3)C2)cc1. The minimum atomic E-state index is 0.305. The third-order valence-corrected chi connectivity index (χ3v) is 6.92. The van der Waals surface area contributed by atoms with Gasteiger partial charge in [0, 0.05) is 38.6 Å². The summed E-state index contributed by atoms with van der Waals surface area (Å²) in [5, 5.41) is 0. The van der Waals surface area contributed by atoms with Crippen LogP contribution < -0.4 is 4.90 Å². The fourth-order valence-corrected chi connectivity index (χ4v) is 5.49. The Morgan fingerprint density at radius 3 is 2.52 bits per heavy atom. The number of hydrogen-bond donors (Lipinski definition) is 0. The number of hydrogen-bond acceptors (Lipinski definition) is 6. The second-order valence-electron chi connectivity index (χ2n) is 8.90. The Balaban J connectivity index is 1.28. The molecule has 0 bridgehead atoms. The third kappa shape index (κ3) is 4.79. The molecule has 0 amide bonds. The van der Waals surface area contributed by atoms with E-state index in [-0.39, 0.29) is 0 Å². The molecule has 1 aliphatic carbocycles.